The number of benzene rings is 2. The van der Waals surface area contributed by atoms with Gasteiger partial charge in [0, 0.05) is 42.5 Å². The minimum absolute atomic E-state index is 0.201. The highest BCUT2D eigenvalue weighted by Gasteiger charge is 2.56. The summed E-state index contributed by atoms with van der Waals surface area (Å²) in [4.78, 5) is 32.7. The van der Waals surface area contributed by atoms with Gasteiger partial charge in [-0.1, -0.05) is 54.6 Å². The molecule has 6 heteroatoms. The number of pyridine rings is 2. The molecular formula is C30H24N2O4. The fourth-order valence-corrected chi connectivity index (χ4v) is 5.34. The van der Waals surface area contributed by atoms with E-state index in [-0.39, 0.29) is 23.3 Å². The van der Waals surface area contributed by atoms with Crippen LogP contribution in [0.25, 0.3) is 12.2 Å². The smallest absolute Gasteiger partial charge is 0.335 e. The van der Waals surface area contributed by atoms with Crippen LogP contribution in [0.5, 0.6) is 0 Å². The first-order valence-corrected chi connectivity index (χ1v) is 11.7. The van der Waals surface area contributed by atoms with Crippen LogP contribution in [0.1, 0.15) is 55.9 Å². The maximum absolute atomic E-state index is 12.5. The van der Waals surface area contributed by atoms with E-state index in [9.17, 15) is 19.8 Å². The molecule has 0 amide bonds. The zero-order valence-electron chi connectivity index (χ0n) is 19.3. The van der Waals surface area contributed by atoms with E-state index in [1.165, 1.54) is 0 Å². The van der Waals surface area contributed by atoms with Gasteiger partial charge in [-0.15, -0.1) is 0 Å². The minimum atomic E-state index is -1.02. The van der Waals surface area contributed by atoms with Crippen molar-refractivity contribution in [1.29, 1.82) is 0 Å². The molecule has 0 bridgehead atoms. The summed E-state index contributed by atoms with van der Waals surface area (Å²) in [5, 5.41) is 20.1. The highest BCUT2D eigenvalue weighted by atomic mass is 16.4. The van der Waals surface area contributed by atoms with E-state index < -0.39 is 17.9 Å². The van der Waals surface area contributed by atoms with Crippen molar-refractivity contribution in [1.82, 2.24) is 9.97 Å². The van der Waals surface area contributed by atoms with E-state index in [4.69, 9.17) is 0 Å². The average Bonchev–Trinajstić information content (AvgIpc) is 2.89. The van der Waals surface area contributed by atoms with Crippen LogP contribution in [0.2, 0.25) is 0 Å². The molecule has 1 aliphatic carbocycles. The molecule has 1 aliphatic rings. The number of rotatable bonds is 7. The number of carboxylic acids is 2. The second kappa shape index (κ2) is 9.96. The van der Waals surface area contributed by atoms with E-state index in [0.29, 0.717) is 5.56 Å². The van der Waals surface area contributed by atoms with Gasteiger partial charge in [0.15, 0.2) is 0 Å². The van der Waals surface area contributed by atoms with Gasteiger partial charge in [0.25, 0.3) is 0 Å². The molecule has 178 valence electrons. The van der Waals surface area contributed by atoms with Crippen molar-refractivity contribution < 1.29 is 19.8 Å². The largest absolute Gasteiger partial charge is 0.481 e. The van der Waals surface area contributed by atoms with Gasteiger partial charge < -0.3 is 10.2 Å². The first-order valence-electron chi connectivity index (χ1n) is 11.7. The van der Waals surface area contributed by atoms with Crippen LogP contribution in [0.4, 0.5) is 0 Å². The lowest BCUT2D eigenvalue weighted by molar-refractivity contribution is -0.148. The number of nitrogens with zero attached hydrogens (tertiary/aromatic N) is 2. The van der Waals surface area contributed by atoms with Crippen molar-refractivity contribution in [2.75, 3.05) is 0 Å². The highest BCUT2D eigenvalue weighted by Crippen LogP contribution is 2.62. The Kier molecular flexibility index (Phi) is 6.41. The molecule has 1 saturated carbocycles. The maximum atomic E-state index is 12.5. The predicted molar refractivity (Wildman–Crippen MR) is 137 cm³/mol. The van der Waals surface area contributed by atoms with Crippen LogP contribution in [0.15, 0.2) is 97.6 Å². The maximum Gasteiger partial charge on any atom is 0.335 e. The number of aliphatic carboxylic acids is 1. The summed E-state index contributed by atoms with van der Waals surface area (Å²) in [5.74, 6) is -3.67. The number of carboxylic acid groups (broad SMARTS) is 2. The van der Waals surface area contributed by atoms with Crippen LogP contribution in [0.3, 0.4) is 0 Å². The summed E-state index contributed by atoms with van der Waals surface area (Å²) in [7, 11) is 0. The van der Waals surface area contributed by atoms with E-state index >= 15 is 0 Å². The summed E-state index contributed by atoms with van der Waals surface area (Å²) in [6, 6.07) is 22.2. The number of carbonyl (C=O) groups is 2. The predicted octanol–water partition coefficient (Wildman–Crippen LogP) is 5.71. The lowest BCUT2D eigenvalue weighted by Gasteiger charge is -2.51. The molecule has 2 aromatic heterocycles. The Bertz CT molecular complexity index is 1400. The van der Waals surface area contributed by atoms with E-state index in [1.54, 1.807) is 43.0 Å². The van der Waals surface area contributed by atoms with Gasteiger partial charge in [-0.2, -0.15) is 0 Å². The Labute approximate surface area is 208 Å². The monoisotopic (exact) mass is 476 g/mol. The molecule has 36 heavy (non-hydrogen) atoms. The summed E-state index contributed by atoms with van der Waals surface area (Å²) in [6.07, 6.45) is 10.7. The van der Waals surface area contributed by atoms with Gasteiger partial charge >= 0.3 is 11.9 Å². The SMILES string of the molecule is O=C(O)c1ccccc1C1C(c2ccncc2)C(C(=O)O)C1c1ccc(C=Cc2ccncc2)cc1. The molecule has 0 saturated heterocycles. The first-order chi connectivity index (χ1) is 17.5. The minimum Gasteiger partial charge on any atom is -0.481 e. The molecule has 0 radical (unpaired) electrons. The fourth-order valence-electron chi connectivity index (χ4n) is 5.34. The van der Waals surface area contributed by atoms with Crippen molar-refractivity contribution >= 4 is 24.1 Å². The molecule has 0 aliphatic heterocycles. The molecule has 5 rings (SSSR count). The Morgan fingerprint density at radius 2 is 1.17 bits per heavy atom. The van der Waals surface area contributed by atoms with Gasteiger partial charge in [0.05, 0.1) is 11.5 Å². The zero-order valence-corrected chi connectivity index (χ0v) is 19.3. The van der Waals surface area contributed by atoms with Crippen molar-refractivity contribution in [3.05, 3.63) is 131 Å². The summed E-state index contributed by atoms with van der Waals surface area (Å²) >= 11 is 0. The van der Waals surface area contributed by atoms with Crippen molar-refractivity contribution in [2.24, 2.45) is 5.92 Å². The topological polar surface area (TPSA) is 100 Å². The molecule has 4 unspecified atom stereocenters. The Balaban J connectivity index is 1.55. The summed E-state index contributed by atoms with van der Waals surface area (Å²) in [5.41, 5.74) is 4.58. The second-order valence-electron chi connectivity index (χ2n) is 8.89. The van der Waals surface area contributed by atoms with Gasteiger partial charge in [0.1, 0.15) is 0 Å². The van der Waals surface area contributed by atoms with Gasteiger partial charge in [-0.05, 0) is 58.1 Å². The van der Waals surface area contributed by atoms with Crippen LogP contribution in [-0.4, -0.2) is 32.1 Å². The molecule has 4 aromatic rings. The summed E-state index contributed by atoms with van der Waals surface area (Å²) < 4.78 is 0. The molecule has 1 fully saturated rings. The summed E-state index contributed by atoms with van der Waals surface area (Å²) in [6.45, 7) is 0. The lowest BCUT2D eigenvalue weighted by atomic mass is 9.50. The Morgan fingerprint density at radius 1 is 0.639 bits per heavy atom. The number of hydrogen-bond donors (Lipinski definition) is 2. The Hall–Kier alpha value is -4.58. The first kappa shape index (κ1) is 23.2. The van der Waals surface area contributed by atoms with Gasteiger partial charge in [-0.25, -0.2) is 4.79 Å². The van der Waals surface area contributed by atoms with Crippen molar-refractivity contribution in [2.45, 2.75) is 17.8 Å². The number of aromatic carboxylic acids is 1. The van der Waals surface area contributed by atoms with Crippen LogP contribution >= 0.6 is 0 Å². The normalized spacial score (nSPS) is 21.1. The molecular weight excluding hydrogens is 452 g/mol. The van der Waals surface area contributed by atoms with Crippen LogP contribution in [0, 0.1) is 5.92 Å². The molecule has 6 nitrogen and oxygen atoms in total. The lowest BCUT2D eigenvalue weighted by Crippen LogP contribution is -2.46. The molecule has 2 aromatic carbocycles. The average molecular weight is 477 g/mol. The quantitative estimate of drug-likeness (QED) is 0.354. The van der Waals surface area contributed by atoms with Crippen LogP contribution in [-0.2, 0) is 4.79 Å². The third-order valence-corrected chi connectivity index (χ3v) is 6.97. The van der Waals surface area contributed by atoms with Crippen molar-refractivity contribution in [3.8, 4) is 0 Å². The second-order valence-corrected chi connectivity index (χ2v) is 8.89. The Morgan fingerprint density at radius 3 is 1.75 bits per heavy atom. The van der Waals surface area contributed by atoms with E-state index in [0.717, 1.165) is 22.3 Å². The number of aromatic nitrogens is 2. The third kappa shape index (κ3) is 4.41. The molecule has 4 atom stereocenters. The third-order valence-electron chi connectivity index (χ3n) is 6.97. The van der Waals surface area contributed by atoms with Crippen molar-refractivity contribution in [3.63, 3.8) is 0 Å². The highest BCUT2D eigenvalue weighted by molar-refractivity contribution is 5.90. The molecule has 2 heterocycles. The van der Waals surface area contributed by atoms with Gasteiger partial charge in [-0.3, -0.25) is 14.8 Å². The van der Waals surface area contributed by atoms with Gasteiger partial charge in [0.2, 0.25) is 0 Å². The van der Waals surface area contributed by atoms with E-state index in [2.05, 4.69) is 9.97 Å². The number of hydrogen-bond acceptors (Lipinski definition) is 4. The molecule has 2 N–H and O–H groups in total. The zero-order chi connectivity index (χ0) is 25.1. The fraction of sp³-hybridized carbons (Fsp3) is 0.133. The van der Waals surface area contributed by atoms with E-state index in [1.807, 2.05) is 66.7 Å². The standard InChI is InChI=1S/C30H24N2O4/c33-29(34)24-4-2-1-3-23(24)27-25(28(30(35)36)26(27)22-13-17-32-18-14-22)21-9-7-19(8-10-21)5-6-20-11-15-31-16-12-20/h1-18,25-28H,(H,33,34)(H,35,36). The molecule has 0 spiro atoms. The van der Waals surface area contributed by atoms with Crippen LogP contribution < -0.4 is 0 Å².